The molecule has 0 spiro atoms. The van der Waals surface area contributed by atoms with Gasteiger partial charge in [0.05, 0.1) is 6.20 Å². The summed E-state index contributed by atoms with van der Waals surface area (Å²) in [7, 11) is 1.96. The van der Waals surface area contributed by atoms with Gasteiger partial charge in [0.25, 0.3) is 0 Å². The second-order valence-electron chi connectivity index (χ2n) is 3.10. The van der Waals surface area contributed by atoms with E-state index in [1.165, 1.54) is 18.4 Å². The van der Waals surface area contributed by atoms with Gasteiger partial charge in [-0.2, -0.15) is 5.10 Å². The summed E-state index contributed by atoms with van der Waals surface area (Å²) >= 11 is 0. The molecule has 11 heavy (non-hydrogen) atoms. The Balaban J connectivity index is 2.15. The number of hydrogen-bond donors (Lipinski definition) is 1. The molecule has 2 rings (SSSR count). The van der Waals surface area contributed by atoms with Crippen LogP contribution >= 0.6 is 0 Å². The molecule has 1 saturated heterocycles. The van der Waals surface area contributed by atoms with E-state index in [1.54, 1.807) is 0 Å². The van der Waals surface area contributed by atoms with Gasteiger partial charge < -0.3 is 5.32 Å². The van der Waals surface area contributed by atoms with Crippen molar-refractivity contribution in [2.24, 2.45) is 7.05 Å². The highest BCUT2D eigenvalue weighted by Crippen LogP contribution is 2.21. The molecule has 60 valence electrons. The van der Waals surface area contributed by atoms with Gasteiger partial charge in [-0.15, -0.1) is 0 Å². The lowest BCUT2D eigenvalue weighted by Crippen LogP contribution is -2.11. The van der Waals surface area contributed by atoms with Gasteiger partial charge in [0, 0.05) is 24.8 Å². The Bertz CT molecular complexity index is 235. The van der Waals surface area contributed by atoms with Crippen molar-refractivity contribution in [1.82, 2.24) is 15.1 Å². The van der Waals surface area contributed by atoms with Crippen molar-refractivity contribution in [3.8, 4) is 0 Å². The number of rotatable bonds is 1. The lowest BCUT2D eigenvalue weighted by molar-refractivity contribution is 0.646. The highest BCUT2D eigenvalue weighted by Gasteiger charge is 2.16. The molecule has 1 fully saturated rings. The normalized spacial score (nSPS) is 24.3. The topological polar surface area (TPSA) is 29.9 Å². The highest BCUT2D eigenvalue weighted by molar-refractivity contribution is 5.11. The summed E-state index contributed by atoms with van der Waals surface area (Å²) in [6, 6.07) is 0.559. The van der Waals surface area contributed by atoms with Crippen LogP contribution in [0.5, 0.6) is 0 Å². The minimum Gasteiger partial charge on any atom is -0.310 e. The number of hydrogen-bond acceptors (Lipinski definition) is 2. The molecule has 1 unspecified atom stereocenters. The number of aromatic nitrogens is 2. The zero-order valence-electron chi connectivity index (χ0n) is 6.75. The van der Waals surface area contributed by atoms with E-state index in [0.717, 1.165) is 6.54 Å². The predicted octanol–water partition coefficient (Wildman–Crippen LogP) is 0.845. The molecule has 0 saturated carbocycles. The second-order valence-corrected chi connectivity index (χ2v) is 3.10. The van der Waals surface area contributed by atoms with Gasteiger partial charge in [0.2, 0.25) is 0 Å². The van der Waals surface area contributed by atoms with Crippen molar-refractivity contribution < 1.29 is 0 Å². The van der Waals surface area contributed by atoms with Crippen LogP contribution < -0.4 is 5.32 Å². The minimum atomic E-state index is 0.559. The summed E-state index contributed by atoms with van der Waals surface area (Å²) in [6.07, 6.45) is 6.58. The molecule has 3 nitrogen and oxygen atoms in total. The first-order valence-corrected chi connectivity index (χ1v) is 4.08. The maximum atomic E-state index is 4.14. The molecule has 0 aliphatic carbocycles. The average Bonchev–Trinajstić information content (AvgIpc) is 2.55. The SMILES string of the molecule is Cn1cc(C2CCCN2)cn1. The molecule has 1 atom stereocenters. The zero-order chi connectivity index (χ0) is 7.68. The molecule has 1 N–H and O–H groups in total. The smallest absolute Gasteiger partial charge is 0.0537 e. The van der Waals surface area contributed by atoms with E-state index < -0.39 is 0 Å². The van der Waals surface area contributed by atoms with Gasteiger partial charge in [-0.25, -0.2) is 0 Å². The predicted molar refractivity (Wildman–Crippen MR) is 43.2 cm³/mol. The highest BCUT2D eigenvalue weighted by atomic mass is 15.2. The van der Waals surface area contributed by atoms with E-state index in [-0.39, 0.29) is 0 Å². The van der Waals surface area contributed by atoms with Gasteiger partial charge in [-0.05, 0) is 19.4 Å². The molecular weight excluding hydrogens is 138 g/mol. The van der Waals surface area contributed by atoms with E-state index in [2.05, 4.69) is 16.6 Å². The van der Waals surface area contributed by atoms with Gasteiger partial charge in [0.15, 0.2) is 0 Å². The van der Waals surface area contributed by atoms with Gasteiger partial charge >= 0.3 is 0 Å². The van der Waals surface area contributed by atoms with Crippen LogP contribution in [0, 0.1) is 0 Å². The fourth-order valence-corrected chi connectivity index (χ4v) is 1.59. The first kappa shape index (κ1) is 6.85. The van der Waals surface area contributed by atoms with Crippen molar-refractivity contribution >= 4 is 0 Å². The Morgan fingerprint density at radius 2 is 2.64 bits per heavy atom. The molecule has 0 aromatic carbocycles. The largest absolute Gasteiger partial charge is 0.310 e. The van der Waals surface area contributed by atoms with E-state index >= 15 is 0 Å². The summed E-state index contributed by atoms with van der Waals surface area (Å²) in [5.74, 6) is 0. The molecule has 0 radical (unpaired) electrons. The maximum absolute atomic E-state index is 4.14. The van der Waals surface area contributed by atoms with Gasteiger partial charge in [-0.1, -0.05) is 0 Å². The third-order valence-electron chi connectivity index (χ3n) is 2.19. The van der Waals surface area contributed by atoms with Crippen LogP contribution in [0.1, 0.15) is 24.4 Å². The Kier molecular flexibility index (Phi) is 1.66. The van der Waals surface area contributed by atoms with E-state index in [1.807, 2.05) is 17.9 Å². The Labute approximate surface area is 66.4 Å². The monoisotopic (exact) mass is 151 g/mol. The van der Waals surface area contributed by atoms with Crippen LogP contribution in [0.4, 0.5) is 0 Å². The number of nitrogens with zero attached hydrogens (tertiary/aromatic N) is 2. The van der Waals surface area contributed by atoms with Crippen LogP contribution in [0.15, 0.2) is 12.4 Å². The molecule has 3 heteroatoms. The van der Waals surface area contributed by atoms with Crippen molar-refractivity contribution in [2.75, 3.05) is 6.54 Å². The molecule has 1 aliphatic heterocycles. The zero-order valence-corrected chi connectivity index (χ0v) is 6.75. The second kappa shape index (κ2) is 2.66. The van der Waals surface area contributed by atoms with Gasteiger partial charge in [0.1, 0.15) is 0 Å². The number of aryl methyl sites for hydroxylation is 1. The Hall–Kier alpha value is -0.830. The summed E-state index contributed by atoms with van der Waals surface area (Å²) in [6.45, 7) is 1.15. The molecule has 0 bridgehead atoms. The van der Waals surface area contributed by atoms with E-state index in [0.29, 0.717) is 6.04 Å². The molecule has 1 aliphatic rings. The third-order valence-corrected chi connectivity index (χ3v) is 2.19. The minimum absolute atomic E-state index is 0.559. The average molecular weight is 151 g/mol. The van der Waals surface area contributed by atoms with E-state index in [9.17, 15) is 0 Å². The molecule has 1 aromatic rings. The molecule has 1 aromatic heterocycles. The first-order valence-electron chi connectivity index (χ1n) is 4.08. The van der Waals surface area contributed by atoms with Gasteiger partial charge in [-0.3, -0.25) is 4.68 Å². The van der Waals surface area contributed by atoms with Crippen molar-refractivity contribution in [1.29, 1.82) is 0 Å². The Morgan fingerprint density at radius 3 is 3.18 bits per heavy atom. The van der Waals surface area contributed by atoms with Crippen LogP contribution in [-0.4, -0.2) is 16.3 Å². The lowest BCUT2D eigenvalue weighted by Gasteiger charge is -2.04. The van der Waals surface area contributed by atoms with Crippen LogP contribution in [0.3, 0.4) is 0 Å². The fraction of sp³-hybridized carbons (Fsp3) is 0.625. The van der Waals surface area contributed by atoms with Crippen LogP contribution in [0.25, 0.3) is 0 Å². The van der Waals surface area contributed by atoms with Crippen LogP contribution in [-0.2, 0) is 7.05 Å². The first-order chi connectivity index (χ1) is 5.36. The van der Waals surface area contributed by atoms with E-state index in [4.69, 9.17) is 0 Å². The maximum Gasteiger partial charge on any atom is 0.0537 e. The standard InChI is InChI=1S/C8H13N3/c1-11-6-7(5-10-11)8-3-2-4-9-8/h5-6,8-9H,2-4H2,1H3. The number of nitrogens with one attached hydrogen (secondary N) is 1. The van der Waals surface area contributed by atoms with Crippen molar-refractivity contribution in [3.05, 3.63) is 18.0 Å². The summed E-state index contributed by atoms with van der Waals surface area (Å²) < 4.78 is 1.86. The molecular formula is C8H13N3. The molecule has 0 amide bonds. The summed E-state index contributed by atoms with van der Waals surface area (Å²) in [5.41, 5.74) is 1.32. The van der Waals surface area contributed by atoms with Crippen molar-refractivity contribution in [2.45, 2.75) is 18.9 Å². The fourth-order valence-electron chi connectivity index (χ4n) is 1.59. The summed E-state index contributed by atoms with van der Waals surface area (Å²) in [4.78, 5) is 0. The third kappa shape index (κ3) is 1.28. The Morgan fingerprint density at radius 1 is 1.73 bits per heavy atom. The molecule has 2 heterocycles. The van der Waals surface area contributed by atoms with Crippen LogP contribution in [0.2, 0.25) is 0 Å². The summed E-state index contributed by atoms with van der Waals surface area (Å²) in [5, 5.41) is 7.57. The lowest BCUT2D eigenvalue weighted by atomic mass is 10.1. The van der Waals surface area contributed by atoms with Crippen molar-refractivity contribution in [3.63, 3.8) is 0 Å². The quantitative estimate of drug-likeness (QED) is 0.644.